The van der Waals surface area contributed by atoms with Crippen LogP contribution >= 0.6 is 15.9 Å². The van der Waals surface area contributed by atoms with E-state index in [9.17, 15) is 0 Å². The van der Waals surface area contributed by atoms with Gasteiger partial charge in [-0.05, 0) is 53.6 Å². The van der Waals surface area contributed by atoms with E-state index in [0.29, 0.717) is 0 Å². The van der Waals surface area contributed by atoms with E-state index in [4.69, 9.17) is 4.74 Å². The van der Waals surface area contributed by atoms with Crippen LogP contribution in [0.5, 0.6) is 11.5 Å². The molecule has 0 aromatic heterocycles. The molecule has 2 nitrogen and oxygen atoms in total. The summed E-state index contributed by atoms with van der Waals surface area (Å²) in [7, 11) is 0. The maximum absolute atomic E-state index is 6.11. The Morgan fingerprint density at radius 1 is 0.630 bits per heavy atom. The van der Waals surface area contributed by atoms with Gasteiger partial charge in [0, 0.05) is 10.2 Å². The number of benzene rings is 4. The molecule has 0 aliphatic carbocycles. The molecule has 0 unspecified atom stereocenters. The Bertz CT molecular complexity index is 1090. The van der Waals surface area contributed by atoms with E-state index < -0.39 is 0 Å². The molecule has 3 heteroatoms. The molecule has 4 aromatic carbocycles. The lowest BCUT2D eigenvalue weighted by atomic mass is 10.0. The molecule has 0 N–H and O–H groups in total. The molecule has 4 aromatic rings. The summed E-state index contributed by atoms with van der Waals surface area (Å²) in [6.45, 7) is 0. The number of fused-ring (bicyclic) bond motifs is 2. The lowest BCUT2D eigenvalue weighted by Gasteiger charge is -2.33. The molecule has 0 saturated heterocycles. The summed E-state index contributed by atoms with van der Waals surface area (Å²) in [6.07, 6.45) is 0. The Hall–Kier alpha value is -3.04. The molecule has 0 radical (unpaired) electrons. The lowest BCUT2D eigenvalue weighted by Crippen LogP contribution is -2.15. The highest BCUT2D eigenvalue weighted by Crippen LogP contribution is 2.50. The first-order valence-electron chi connectivity index (χ1n) is 8.82. The Morgan fingerprint density at radius 2 is 1.26 bits per heavy atom. The molecule has 27 heavy (non-hydrogen) atoms. The van der Waals surface area contributed by atoms with Crippen molar-refractivity contribution in [2.24, 2.45) is 0 Å². The molecular weight excluding hydrogens is 398 g/mol. The van der Waals surface area contributed by atoms with Gasteiger partial charge in [0.2, 0.25) is 0 Å². The van der Waals surface area contributed by atoms with Crippen molar-refractivity contribution in [3.05, 3.63) is 102 Å². The van der Waals surface area contributed by atoms with Gasteiger partial charge < -0.3 is 9.64 Å². The van der Waals surface area contributed by atoms with Gasteiger partial charge in [0.05, 0.1) is 11.4 Å². The first-order valence-corrected chi connectivity index (χ1v) is 9.61. The number of nitrogens with zero attached hydrogens (tertiary/aromatic N) is 1. The number of rotatable bonds is 2. The lowest BCUT2D eigenvalue weighted by molar-refractivity contribution is 0.477. The Labute approximate surface area is 166 Å². The van der Waals surface area contributed by atoms with Gasteiger partial charge in [-0.25, -0.2) is 0 Å². The molecule has 1 aliphatic rings. The van der Waals surface area contributed by atoms with Crippen LogP contribution in [-0.4, -0.2) is 0 Å². The van der Waals surface area contributed by atoms with Crippen LogP contribution in [0.1, 0.15) is 0 Å². The number of hydrogen-bond donors (Lipinski definition) is 0. The van der Waals surface area contributed by atoms with Gasteiger partial charge in [0.25, 0.3) is 0 Å². The molecule has 130 valence electrons. The van der Waals surface area contributed by atoms with Gasteiger partial charge in [-0.15, -0.1) is 0 Å². The summed E-state index contributed by atoms with van der Waals surface area (Å²) in [5.41, 5.74) is 5.53. The predicted molar refractivity (Wildman–Crippen MR) is 114 cm³/mol. The van der Waals surface area contributed by atoms with Crippen LogP contribution in [0.4, 0.5) is 17.1 Å². The second kappa shape index (κ2) is 6.60. The number of anilines is 3. The fraction of sp³-hybridized carbons (Fsp3) is 0. The van der Waals surface area contributed by atoms with Crippen molar-refractivity contribution < 1.29 is 4.74 Å². The topological polar surface area (TPSA) is 12.5 Å². The summed E-state index contributed by atoms with van der Waals surface area (Å²) in [5.74, 6) is 1.73. The fourth-order valence-corrected chi connectivity index (χ4v) is 4.00. The summed E-state index contributed by atoms with van der Waals surface area (Å²) >= 11 is 3.67. The maximum atomic E-state index is 6.11. The third-order valence-corrected chi connectivity index (χ3v) is 5.41. The first-order chi connectivity index (χ1) is 13.3. The third-order valence-electron chi connectivity index (χ3n) is 4.72. The molecule has 0 fully saturated rings. The quantitative estimate of drug-likeness (QED) is 0.294. The summed E-state index contributed by atoms with van der Waals surface area (Å²) in [6, 6.07) is 33.2. The average molecular weight is 414 g/mol. The number of hydrogen-bond acceptors (Lipinski definition) is 2. The highest BCUT2D eigenvalue weighted by Gasteiger charge is 2.25. The highest BCUT2D eigenvalue weighted by molar-refractivity contribution is 9.10. The molecule has 0 atom stereocenters. The van der Waals surface area contributed by atoms with Crippen LogP contribution in [0.2, 0.25) is 0 Å². The van der Waals surface area contributed by atoms with Crippen LogP contribution in [0.15, 0.2) is 102 Å². The van der Waals surface area contributed by atoms with Crippen molar-refractivity contribution >= 4 is 33.0 Å². The SMILES string of the molecule is Brc1ccccc1-c1cccc(N2c3ccccc3Oc3ccccc32)c1. The molecule has 0 spiro atoms. The van der Waals surface area contributed by atoms with Gasteiger partial charge >= 0.3 is 0 Å². The average Bonchev–Trinajstić information content (AvgIpc) is 2.72. The summed E-state index contributed by atoms with van der Waals surface area (Å²) < 4.78 is 7.20. The maximum Gasteiger partial charge on any atom is 0.151 e. The van der Waals surface area contributed by atoms with Gasteiger partial charge in [-0.1, -0.05) is 70.5 Å². The second-order valence-electron chi connectivity index (χ2n) is 6.40. The molecular formula is C24H16BrNO. The Morgan fingerprint density at radius 3 is 1.96 bits per heavy atom. The predicted octanol–water partition coefficient (Wildman–Crippen LogP) is 7.69. The Balaban J connectivity index is 1.70. The van der Waals surface area contributed by atoms with Crippen molar-refractivity contribution in [3.63, 3.8) is 0 Å². The van der Waals surface area contributed by atoms with Gasteiger partial charge in [0.1, 0.15) is 0 Å². The minimum absolute atomic E-state index is 0.863. The van der Waals surface area contributed by atoms with E-state index in [2.05, 4.69) is 75.4 Å². The van der Waals surface area contributed by atoms with Crippen molar-refractivity contribution in [3.8, 4) is 22.6 Å². The molecule has 0 saturated carbocycles. The van der Waals surface area contributed by atoms with E-state index in [1.807, 2.05) is 42.5 Å². The Kier molecular flexibility index (Phi) is 3.95. The van der Waals surface area contributed by atoms with Crippen LogP contribution in [0, 0.1) is 0 Å². The minimum atomic E-state index is 0.863. The zero-order valence-electron chi connectivity index (χ0n) is 14.5. The number of halogens is 1. The van der Waals surface area contributed by atoms with Crippen molar-refractivity contribution in [1.82, 2.24) is 0 Å². The van der Waals surface area contributed by atoms with E-state index in [1.54, 1.807) is 0 Å². The van der Waals surface area contributed by atoms with Gasteiger partial charge in [-0.2, -0.15) is 0 Å². The highest BCUT2D eigenvalue weighted by atomic mass is 79.9. The van der Waals surface area contributed by atoms with Crippen molar-refractivity contribution in [2.75, 3.05) is 4.90 Å². The normalized spacial score (nSPS) is 12.1. The van der Waals surface area contributed by atoms with Crippen LogP contribution in [0.3, 0.4) is 0 Å². The van der Waals surface area contributed by atoms with E-state index in [1.165, 1.54) is 11.1 Å². The van der Waals surface area contributed by atoms with Crippen molar-refractivity contribution in [2.45, 2.75) is 0 Å². The smallest absolute Gasteiger partial charge is 0.151 e. The molecule has 5 rings (SSSR count). The first kappa shape index (κ1) is 16.2. The standard InChI is InChI=1S/C24H16BrNO/c25-20-11-2-1-10-19(20)17-8-7-9-18(16-17)26-21-12-3-5-14-23(21)27-24-15-6-4-13-22(24)26/h1-16H. The molecule has 1 aliphatic heterocycles. The monoisotopic (exact) mass is 413 g/mol. The van der Waals surface area contributed by atoms with Crippen molar-refractivity contribution in [1.29, 1.82) is 0 Å². The van der Waals surface area contributed by atoms with Gasteiger partial charge in [0.15, 0.2) is 11.5 Å². The van der Waals surface area contributed by atoms with Gasteiger partial charge in [-0.3, -0.25) is 0 Å². The number of para-hydroxylation sites is 4. The van der Waals surface area contributed by atoms with Crippen LogP contribution in [0.25, 0.3) is 11.1 Å². The zero-order valence-corrected chi connectivity index (χ0v) is 16.1. The number of ether oxygens (including phenoxy) is 1. The molecule has 0 bridgehead atoms. The summed E-state index contributed by atoms with van der Waals surface area (Å²) in [4.78, 5) is 2.26. The molecule has 1 heterocycles. The zero-order chi connectivity index (χ0) is 18.2. The van der Waals surface area contributed by atoms with E-state index in [-0.39, 0.29) is 0 Å². The third kappa shape index (κ3) is 2.81. The minimum Gasteiger partial charge on any atom is -0.453 e. The van der Waals surface area contributed by atoms with Crippen LogP contribution < -0.4 is 9.64 Å². The fourth-order valence-electron chi connectivity index (χ4n) is 3.49. The summed E-state index contributed by atoms with van der Waals surface area (Å²) in [5, 5.41) is 0. The van der Waals surface area contributed by atoms with E-state index >= 15 is 0 Å². The second-order valence-corrected chi connectivity index (χ2v) is 7.26. The van der Waals surface area contributed by atoms with Crippen LogP contribution in [-0.2, 0) is 0 Å². The van der Waals surface area contributed by atoms with E-state index in [0.717, 1.165) is 33.0 Å². The largest absolute Gasteiger partial charge is 0.453 e. The molecule has 0 amide bonds.